The largest absolute Gasteiger partial charge is 0.435 e. The van der Waals surface area contributed by atoms with Crippen LogP contribution in [0.5, 0.6) is 0 Å². The minimum Gasteiger partial charge on any atom is -0.435 e. The van der Waals surface area contributed by atoms with Gasteiger partial charge in [0.2, 0.25) is 12.7 Å². The lowest BCUT2D eigenvalue weighted by molar-refractivity contribution is -0.179. The fraction of sp³-hybridized carbons (Fsp3) is 0.773. The van der Waals surface area contributed by atoms with E-state index in [1.54, 1.807) is 11.8 Å². The van der Waals surface area contributed by atoms with Gasteiger partial charge in [0.25, 0.3) is 0 Å². The van der Waals surface area contributed by atoms with E-state index in [1.807, 2.05) is 34.6 Å². The van der Waals surface area contributed by atoms with Gasteiger partial charge in [0.1, 0.15) is 10.8 Å². The van der Waals surface area contributed by atoms with E-state index in [9.17, 15) is 19.2 Å². The molecule has 33 heavy (non-hydrogen) atoms. The predicted octanol–water partition coefficient (Wildman–Crippen LogP) is 3.20. The zero-order valence-corrected chi connectivity index (χ0v) is 22.8. The number of carbonyl (C=O) groups excluding carboxylic acids is 3. The van der Waals surface area contributed by atoms with Gasteiger partial charge >= 0.3 is 11.9 Å². The van der Waals surface area contributed by atoms with Crippen LogP contribution in [0.25, 0.3) is 0 Å². The predicted molar refractivity (Wildman–Crippen MR) is 131 cm³/mol. The molecule has 0 aromatic rings. The van der Waals surface area contributed by atoms with Crippen molar-refractivity contribution in [3.05, 3.63) is 9.93 Å². The van der Waals surface area contributed by atoms with Crippen LogP contribution in [0.4, 0.5) is 0 Å². The molecule has 2 saturated heterocycles. The summed E-state index contributed by atoms with van der Waals surface area (Å²) >= 11 is 3.05. The highest BCUT2D eigenvalue weighted by Crippen LogP contribution is 2.60. The van der Waals surface area contributed by atoms with Crippen molar-refractivity contribution in [2.24, 2.45) is 11.3 Å². The summed E-state index contributed by atoms with van der Waals surface area (Å²) in [4.78, 5) is 50.0. The highest BCUT2D eigenvalue weighted by atomic mass is 32.2. The number of thioether (sulfide) groups is 2. The number of nitrogens with zero attached hydrogens (tertiary/aromatic N) is 1. The summed E-state index contributed by atoms with van der Waals surface area (Å²) in [5.74, 6) is -1.45. The first-order valence-corrected chi connectivity index (χ1v) is 15.6. The molecule has 3 rings (SSSR count). The summed E-state index contributed by atoms with van der Waals surface area (Å²) < 4.78 is 16.9. The van der Waals surface area contributed by atoms with Crippen molar-refractivity contribution in [1.29, 1.82) is 0 Å². The van der Waals surface area contributed by atoms with Crippen LogP contribution in [0, 0.1) is 11.3 Å². The molecule has 1 amide bonds. The van der Waals surface area contributed by atoms with Crippen LogP contribution in [0.2, 0.25) is 12.1 Å². The molecule has 8 nitrogen and oxygen atoms in total. The lowest BCUT2D eigenvalue weighted by atomic mass is 9.75. The Bertz CT molecular complexity index is 806. The number of amides is 1. The van der Waals surface area contributed by atoms with E-state index in [-0.39, 0.29) is 34.2 Å². The lowest BCUT2D eigenvalue weighted by Crippen LogP contribution is -2.68. The van der Waals surface area contributed by atoms with Crippen LogP contribution >= 0.6 is 23.5 Å². The van der Waals surface area contributed by atoms with Crippen molar-refractivity contribution in [3.8, 4) is 0 Å². The standard InChI is InChI=1S/C22H35NO7S2Si/c1-6-14(7-2)17(24)29-12-30-18(25)16-19(31-15-9-10-33(27)11-15)32-21-22(5,13(4)28-8-3)20(26)23(16)21/h13-15,21,27,33H,6-12H2,1-5H3/t13-,15+,21-,22+,33-/m1/s1. The number of hydrogen-bond donors (Lipinski definition) is 1. The maximum Gasteiger partial charge on any atom is 0.359 e. The molecule has 1 N–H and O–H groups in total. The topological polar surface area (TPSA) is 102 Å². The van der Waals surface area contributed by atoms with Crippen molar-refractivity contribution in [1.82, 2.24) is 4.90 Å². The van der Waals surface area contributed by atoms with Crippen LogP contribution in [0.15, 0.2) is 9.93 Å². The Labute approximate surface area is 205 Å². The van der Waals surface area contributed by atoms with Crippen LogP contribution in [-0.2, 0) is 28.6 Å². The van der Waals surface area contributed by atoms with Crippen molar-refractivity contribution in [2.75, 3.05) is 13.4 Å². The molecule has 0 radical (unpaired) electrons. The average Bonchev–Trinajstić information content (AvgIpc) is 3.36. The van der Waals surface area contributed by atoms with Gasteiger partial charge in [-0.2, -0.15) is 0 Å². The zero-order chi connectivity index (χ0) is 24.3. The molecule has 2 fully saturated rings. The summed E-state index contributed by atoms with van der Waals surface area (Å²) in [6.45, 7) is 9.49. The molecule has 11 heteroatoms. The van der Waals surface area contributed by atoms with Crippen LogP contribution in [-0.4, -0.2) is 66.7 Å². The molecule has 5 atom stereocenters. The van der Waals surface area contributed by atoms with Gasteiger partial charge in [0.05, 0.1) is 16.3 Å². The second kappa shape index (κ2) is 11.2. The van der Waals surface area contributed by atoms with Crippen LogP contribution < -0.4 is 0 Å². The molecule has 0 spiro atoms. The zero-order valence-electron chi connectivity index (χ0n) is 20.0. The fourth-order valence-electron chi connectivity index (χ4n) is 4.51. The van der Waals surface area contributed by atoms with E-state index >= 15 is 0 Å². The van der Waals surface area contributed by atoms with Gasteiger partial charge in [0.15, 0.2) is 14.7 Å². The minimum atomic E-state index is -1.67. The van der Waals surface area contributed by atoms with Gasteiger partial charge in [-0.15, -0.1) is 11.8 Å². The fourth-order valence-corrected chi connectivity index (χ4v) is 10.8. The molecule has 0 saturated carbocycles. The first-order valence-electron chi connectivity index (χ1n) is 11.7. The average molecular weight is 518 g/mol. The van der Waals surface area contributed by atoms with Crippen molar-refractivity contribution in [3.63, 3.8) is 0 Å². The van der Waals surface area contributed by atoms with Crippen LogP contribution in [0.1, 0.15) is 53.9 Å². The quantitative estimate of drug-likeness (QED) is 0.191. The summed E-state index contributed by atoms with van der Waals surface area (Å²) in [5, 5.41) is -0.0266. The monoisotopic (exact) mass is 517 g/mol. The third-order valence-electron chi connectivity index (χ3n) is 6.88. The molecule has 0 aliphatic carbocycles. The van der Waals surface area contributed by atoms with Crippen molar-refractivity contribution in [2.45, 2.75) is 82.7 Å². The number of fused-ring (bicyclic) bond motifs is 1. The second-order valence-electron chi connectivity index (χ2n) is 8.89. The van der Waals surface area contributed by atoms with Crippen LogP contribution in [0.3, 0.4) is 0 Å². The van der Waals surface area contributed by atoms with E-state index < -0.39 is 33.2 Å². The molecule has 186 valence electrons. The molecule has 3 aliphatic rings. The Kier molecular flexibility index (Phi) is 8.99. The van der Waals surface area contributed by atoms with E-state index in [1.165, 1.54) is 16.7 Å². The number of rotatable bonds is 11. The molecule has 0 aromatic heterocycles. The Morgan fingerprint density at radius 3 is 2.58 bits per heavy atom. The second-order valence-corrected chi connectivity index (χ2v) is 13.9. The normalized spacial score (nSPS) is 29.8. The summed E-state index contributed by atoms with van der Waals surface area (Å²) in [6, 6.07) is 1.65. The molecular formula is C22H35NO7S2Si. The minimum absolute atomic E-state index is 0.168. The molecule has 0 aromatic carbocycles. The number of esters is 2. The van der Waals surface area contributed by atoms with Gasteiger partial charge in [-0.25, -0.2) is 4.79 Å². The Morgan fingerprint density at radius 2 is 2.00 bits per heavy atom. The number of ether oxygens (including phenoxy) is 3. The Morgan fingerprint density at radius 1 is 1.30 bits per heavy atom. The molecule has 3 aliphatic heterocycles. The third-order valence-corrected chi connectivity index (χ3v) is 12.4. The van der Waals surface area contributed by atoms with Gasteiger partial charge in [-0.1, -0.05) is 25.6 Å². The summed E-state index contributed by atoms with van der Waals surface area (Å²) in [6.07, 6.45) is 1.92. The third kappa shape index (κ3) is 5.17. The van der Waals surface area contributed by atoms with Gasteiger partial charge < -0.3 is 19.0 Å². The van der Waals surface area contributed by atoms with E-state index in [4.69, 9.17) is 14.2 Å². The number of β-lactam (4-membered cyclic amide) rings is 1. The lowest BCUT2D eigenvalue weighted by Gasteiger charge is -2.53. The molecular weight excluding hydrogens is 482 g/mol. The highest BCUT2D eigenvalue weighted by Gasteiger charge is 2.66. The maximum atomic E-state index is 13.2. The first-order chi connectivity index (χ1) is 15.7. The maximum absolute atomic E-state index is 13.2. The highest BCUT2D eigenvalue weighted by molar-refractivity contribution is 8.23. The number of hydrogen-bond acceptors (Lipinski definition) is 9. The van der Waals surface area contributed by atoms with Gasteiger partial charge in [0, 0.05) is 11.9 Å². The van der Waals surface area contributed by atoms with Gasteiger partial charge in [-0.3, -0.25) is 14.5 Å². The first kappa shape index (κ1) is 26.6. The van der Waals surface area contributed by atoms with Gasteiger partial charge in [-0.05, 0) is 52.1 Å². The van der Waals surface area contributed by atoms with Crippen molar-refractivity contribution < 1.29 is 33.4 Å². The molecule has 3 heterocycles. The summed E-state index contributed by atoms with van der Waals surface area (Å²) in [5.41, 5.74) is -0.525. The Balaban J connectivity index is 1.74. The molecule has 0 bridgehead atoms. The summed E-state index contributed by atoms with van der Waals surface area (Å²) in [7, 11) is -1.67. The van der Waals surface area contributed by atoms with E-state index in [2.05, 4.69) is 0 Å². The van der Waals surface area contributed by atoms with E-state index in [0.29, 0.717) is 19.4 Å². The SMILES string of the molecule is CCO[C@H](C)[C@@]1(C)C(=O)N2C(C(=O)OCOC(=O)C(CC)CC)=C(S[C@H]3CC[Si@@H](O)C3)S[C@@H]21. The Hall–Kier alpha value is -1.01. The smallest absolute Gasteiger partial charge is 0.359 e. The number of carbonyl (C=O) groups is 3. The van der Waals surface area contributed by atoms with E-state index in [0.717, 1.165) is 22.7 Å². The van der Waals surface area contributed by atoms with Crippen molar-refractivity contribution >= 4 is 50.4 Å². The molecule has 0 unspecified atom stereocenters.